The average molecular weight is 170 g/mol. The highest BCUT2D eigenvalue weighted by atomic mass is 28.4. The maximum absolute atomic E-state index is 11.0. The first kappa shape index (κ1) is 10.2. The Balaban J connectivity index is 4.15. The fraction of sp³-hybridized carbons (Fsp3) is 0.375. The van der Waals surface area contributed by atoms with E-state index < -0.39 is 8.32 Å². The van der Waals surface area contributed by atoms with Gasteiger partial charge < -0.3 is 4.43 Å². The van der Waals surface area contributed by atoms with Crippen LogP contribution < -0.4 is 0 Å². The van der Waals surface area contributed by atoms with Crippen LogP contribution in [0.5, 0.6) is 0 Å². The molecule has 0 fully saturated rings. The van der Waals surface area contributed by atoms with Crippen LogP contribution in [0.25, 0.3) is 0 Å². The molecule has 0 aliphatic carbocycles. The highest BCUT2D eigenvalue weighted by molar-refractivity contribution is 6.77. The molecule has 3 heteroatoms. The third kappa shape index (κ3) is 3.78. The van der Waals surface area contributed by atoms with Crippen LogP contribution in [-0.4, -0.2) is 14.3 Å². The fourth-order valence-electron chi connectivity index (χ4n) is 0.368. The Labute approximate surface area is 68.7 Å². The Hall–Kier alpha value is -0.833. The van der Waals surface area contributed by atoms with Gasteiger partial charge in [-0.05, 0) is 20.0 Å². The third-order valence-electron chi connectivity index (χ3n) is 1.20. The lowest BCUT2D eigenvalue weighted by Gasteiger charge is -2.17. The van der Waals surface area contributed by atoms with Crippen molar-refractivity contribution in [3.63, 3.8) is 0 Å². The topological polar surface area (TPSA) is 26.3 Å². The molecule has 0 aliphatic heterocycles. The molecule has 0 aromatic rings. The van der Waals surface area contributed by atoms with Gasteiger partial charge in [-0.25, -0.2) is 4.79 Å². The maximum Gasteiger partial charge on any atom is 0.320 e. The van der Waals surface area contributed by atoms with E-state index in [0.717, 1.165) is 0 Å². The van der Waals surface area contributed by atoms with Crippen molar-refractivity contribution in [3.8, 4) is 0 Å². The molecule has 0 unspecified atom stereocenters. The van der Waals surface area contributed by atoms with E-state index in [-0.39, 0.29) is 5.97 Å². The number of rotatable bonds is 3. The predicted molar refractivity (Wildman–Crippen MR) is 48.6 cm³/mol. The molecular formula is C8H14O2Si. The lowest BCUT2D eigenvalue weighted by molar-refractivity contribution is -0.130. The monoisotopic (exact) mass is 170 g/mol. The summed E-state index contributed by atoms with van der Waals surface area (Å²) in [6.45, 7) is 12.5. The van der Waals surface area contributed by atoms with Crippen molar-refractivity contribution in [2.45, 2.75) is 20.0 Å². The van der Waals surface area contributed by atoms with Gasteiger partial charge in [-0.1, -0.05) is 12.3 Å². The first-order valence-corrected chi connectivity index (χ1v) is 6.40. The largest absolute Gasteiger partial charge is 0.513 e. The van der Waals surface area contributed by atoms with Gasteiger partial charge in [-0.2, -0.15) is 0 Å². The van der Waals surface area contributed by atoms with E-state index in [1.165, 1.54) is 0 Å². The first-order chi connectivity index (χ1) is 4.89. The summed E-state index contributed by atoms with van der Waals surface area (Å²) in [5, 5.41) is 0. The summed E-state index contributed by atoms with van der Waals surface area (Å²) in [6.07, 6.45) is 0. The molecule has 0 N–H and O–H groups in total. The smallest absolute Gasteiger partial charge is 0.320 e. The third-order valence-corrected chi connectivity index (χ3v) is 2.89. The fourth-order valence-corrected chi connectivity index (χ4v) is 1.10. The van der Waals surface area contributed by atoms with Crippen molar-refractivity contribution in [1.29, 1.82) is 0 Å². The second-order valence-corrected chi connectivity index (χ2v) is 6.80. The van der Waals surface area contributed by atoms with Gasteiger partial charge in [0.15, 0.2) is 0 Å². The molecule has 0 rings (SSSR count). The lowest BCUT2D eigenvalue weighted by Crippen LogP contribution is -2.31. The van der Waals surface area contributed by atoms with Gasteiger partial charge in [0.25, 0.3) is 8.32 Å². The Morgan fingerprint density at radius 3 is 2.27 bits per heavy atom. The molecule has 0 aliphatic rings. The zero-order valence-corrected chi connectivity index (χ0v) is 8.31. The van der Waals surface area contributed by atoms with Crippen molar-refractivity contribution in [2.24, 2.45) is 0 Å². The van der Waals surface area contributed by atoms with E-state index in [1.54, 1.807) is 12.6 Å². The first-order valence-electron chi connectivity index (χ1n) is 3.41. The van der Waals surface area contributed by atoms with Crippen molar-refractivity contribution < 1.29 is 9.22 Å². The number of hydrogen-bond donors (Lipinski definition) is 0. The van der Waals surface area contributed by atoms with E-state index in [4.69, 9.17) is 4.43 Å². The van der Waals surface area contributed by atoms with Gasteiger partial charge in [0.2, 0.25) is 0 Å². The minimum absolute atomic E-state index is 0.318. The summed E-state index contributed by atoms with van der Waals surface area (Å²) < 4.78 is 5.13. The standard InChI is InChI=1S/C8H14O2Si/c1-6-11(4,5)10-8(9)7(2)3/h6H,1-2H2,3-5H3. The van der Waals surface area contributed by atoms with Gasteiger partial charge in [0.1, 0.15) is 0 Å². The summed E-state index contributed by atoms with van der Waals surface area (Å²) in [4.78, 5) is 11.0. The molecule has 0 saturated carbocycles. The molecule has 0 bridgehead atoms. The van der Waals surface area contributed by atoms with Crippen LogP contribution in [0, 0.1) is 0 Å². The Kier molecular flexibility index (Phi) is 3.26. The zero-order valence-electron chi connectivity index (χ0n) is 7.31. The molecule has 0 atom stereocenters. The zero-order chi connectivity index (χ0) is 9.07. The second kappa shape index (κ2) is 3.53. The van der Waals surface area contributed by atoms with Crippen LogP contribution in [0.1, 0.15) is 6.92 Å². The highest BCUT2D eigenvalue weighted by Crippen LogP contribution is 2.07. The molecular weight excluding hydrogens is 156 g/mol. The second-order valence-electron chi connectivity index (χ2n) is 2.98. The van der Waals surface area contributed by atoms with Gasteiger partial charge in [0.05, 0.1) is 0 Å². The van der Waals surface area contributed by atoms with E-state index in [0.29, 0.717) is 5.57 Å². The van der Waals surface area contributed by atoms with Gasteiger partial charge in [0, 0.05) is 5.57 Å². The van der Waals surface area contributed by atoms with Gasteiger partial charge in [-0.3, -0.25) is 0 Å². The van der Waals surface area contributed by atoms with E-state index in [2.05, 4.69) is 13.2 Å². The summed E-state index contributed by atoms with van der Waals surface area (Å²) in [5.41, 5.74) is 2.15. The van der Waals surface area contributed by atoms with Crippen LogP contribution in [0.15, 0.2) is 24.4 Å². The molecule has 11 heavy (non-hydrogen) atoms. The molecule has 2 nitrogen and oxygen atoms in total. The number of carbonyl (C=O) groups excluding carboxylic acids is 1. The molecule has 0 aromatic heterocycles. The van der Waals surface area contributed by atoms with Crippen LogP contribution in [-0.2, 0) is 9.22 Å². The molecule has 0 radical (unpaired) electrons. The highest BCUT2D eigenvalue weighted by Gasteiger charge is 2.22. The van der Waals surface area contributed by atoms with Crippen LogP contribution in [0.4, 0.5) is 0 Å². The molecule has 0 amide bonds. The number of carbonyl (C=O) groups is 1. The summed E-state index contributed by atoms with van der Waals surface area (Å²) >= 11 is 0. The molecule has 0 spiro atoms. The van der Waals surface area contributed by atoms with Gasteiger partial charge >= 0.3 is 5.97 Å². The lowest BCUT2D eigenvalue weighted by atomic mass is 10.4. The molecule has 0 heterocycles. The van der Waals surface area contributed by atoms with E-state index >= 15 is 0 Å². The van der Waals surface area contributed by atoms with Crippen molar-refractivity contribution in [2.75, 3.05) is 0 Å². The van der Waals surface area contributed by atoms with Gasteiger partial charge in [-0.15, -0.1) is 6.58 Å². The molecule has 0 aromatic carbocycles. The minimum atomic E-state index is -1.95. The van der Waals surface area contributed by atoms with Crippen molar-refractivity contribution >= 4 is 14.3 Å². The molecule has 0 saturated heterocycles. The van der Waals surface area contributed by atoms with Crippen LogP contribution >= 0.6 is 0 Å². The average Bonchev–Trinajstić information content (AvgIpc) is 1.87. The van der Waals surface area contributed by atoms with Crippen molar-refractivity contribution in [3.05, 3.63) is 24.4 Å². The summed E-state index contributed by atoms with van der Waals surface area (Å²) in [5.74, 6) is -0.318. The number of hydrogen-bond acceptors (Lipinski definition) is 2. The minimum Gasteiger partial charge on any atom is -0.513 e. The van der Waals surface area contributed by atoms with E-state index in [9.17, 15) is 4.79 Å². The predicted octanol–water partition coefficient (Wildman–Crippen LogP) is 2.04. The van der Waals surface area contributed by atoms with Crippen LogP contribution in [0.3, 0.4) is 0 Å². The Morgan fingerprint density at radius 1 is 1.55 bits per heavy atom. The summed E-state index contributed by atoms with van der Waals surface area (Å²) in [6, 6.07) is 0. The summed E-state index contributed by atoms with van der Waals surface area (Å²) in [7, 11) is -1.95. The Morgan fingerprint density at radius 2 is 2.00 bits per heavy atom. The Bertz CT molecular complexity index is 194. The SMILES string of the molecule is C=C[Si](C)(C)OC(=O)C(=C)C. The quantitative estimate of drug-likeness (QED) is 0.478. The maximum atomic E-state index is 11.0. The normalized spacial score (nSPS) is 10.5. The van der Waals surface area contributed by atoms with E-state index in [1.807, 2.05) is 13.1 Å². The van der Waals surface area contributed by atoms with Crippen LogP contribution in [0.2, 0.25) is 13.1 Å². The molecule has 62 valence electrons. The van der Waals surface area contributed by atoms with Crippen molar-refractivity contribution in [1.82, 2.24) is 0 Å².